The molecule has 2 N–H and O–H groups in total. The number of nitrogens with zero attached hydrogens (tertiary/aromatic N) is 3. The minimum absolute atomic E-state index is 0.0711. The van der Waals surface area contributed by atoms with Crippen LogP contribution in [0.2, 0.25) is 5.02 Å². The number of amides is 2. The van der Waals surface area contributed by atoms with Crippen molar-refractivity contribution in [2.75, 3.05) is 6.54 Å². The zero-order chi connectivity index (χ0) is 25.9. The topological polar surface area (TPSA) is 89.2 Å². The Balaban J connectivity index is 1.64. The zero-order valence-corrected chi connectivity index (χ0v) is 21.5. The smallest absolute Gasteiger partial charge is 0.254 e. The Hall–Kier alpha value is -3.77. The van der Waals surface area contributed by atoms with Gasteiger partial charge >= 0.3 is 0 Å². The normalized spacial score (nSPS) is 13.9. The summed E-state index contributed by atoms with van der Waals surface area (Å²) in [7, 11) is 0. The van der Waals surface area contributed by atoms with Crippen molar-refractivity contribution in [3.8, 4) is 0 Å². The molecule has 1 fully saturated rings. The molecule has 7 heteroatoms. The van der Waals surface area contributed by atoms with Crippen molar-refractivity contribution in [2.24, 2.45) is 11.7 Å². The number of aryl methyl sites for hydroxylation is 1. The second kappa shape index (κ2) is 10.7. The van der Waals surface area contributed by atoms with E-state index < -0.39 is 5.91 Å². The quantitative estimate of drug-likeness (QED) is 0.314. The van der Waals surface area contributed by atoms with Crippen LogP contribution in [0, 0.1) is 12.8 Å². The summed E-state index contributed by atoms with van der Waals surface area (Å²) in [5.74, 6) is -0.364. The van der Waals surface area contributed by atoms with E-state index in [1.807, 2.05) is 61.5 Å². The third kappa shape index (κ3) is 5.81. The van der Waals surface area contributed by atoms with Gasteiger partial charge in [0.25, 0.3) is 5.91 Å². The lowest BCUT2D eigenvalue weighted by molar-refractivity contribution is -0.118. The molecule has 1 unspecified atom stereocenters. The molecule has 2 amide bonds. The molecule has 0 radical (unpaired) electrons. The van der Waals surface area contributed by atoms with E-state index in [4.69, 9.17) is 27.3 Å². The van der Waals surface area contributed by atoms with Crippen molar-refractivity contribution in [3.63, 3.8) is 0 Å². The van der Waals surface area contributed by atoms with Crippen LogP contribution in [0.1, 0.15) is 58.2 Å². The number of rotatable bonds is 9. The maximum atomic E-state index is 13.9. The van der Waals surface area contributed by atoms with Crippen molar-refractivity contribution < 1.29 is 9.59 Å². The van der Waals surface area contributed by atoms with E-state index in [0.29, 0.717) is 22.5 Å². The SMILES string of the molecule is Cc1ccc(C(=O)N(CCC(N)=O)C(c2nc3cc(Cl)ccc3nc2Cc2ccccc2)C2CC2)cc1. The fraction of sp³-hybridized carbons (Fsp3) is 0.267. The molecular formula is C30H29ClN4O2. The third-order valence-corrected chi connectivity index (χ3v) is 7.02. The molecule has 1 aromatic heterocycles. The molecule has 0 bridgehead atoms. The largest absolute Gasteiger partial charge is 0.370 e. The van der Waals surface area contributed by atoms with E-state index in [-0.39, 0.29) is 30.8 Å². The molecule has 1 saturated carbocycles. The molecule has 188 valence electrons. The van der Waals surface area contributed by atoms with Gasteiger partial charge in [0, 0.05) is 30.0 Å². The van der Waals surface area contributed by atoms with Crippen LogP contribution in [0.4, 0.5) is 0 Å². The lowest BCUT2D eigenvalue weighted by atomic mass is 9.98. The maximum absolute atomic E-state index is 13.9. The van der Waals surface area contributed by atoms with Crippen LogP contribution in [-0.4, -0.2) is 33.2 Å². The van der Waals surface area contributed by atoms with Crippen LogP contribution in [0.25, 0.3) is 11.0 Å². The van der Waals surface area contributed by atoms with Gasteiger partial charge in [-0.05, 0) is 61.6 Å². The summed E-state index contributed by atoms with van der Waals surface area (Å²) in [6, 6.07) is 22.8. The second-order valence-corrected chi connectivity index (χ2v) is 10.2. The molecule has 1 aliphatic carbocycles. The first-order valence-electron chi connectivity index (χ1n) is 12.5. The lowest BCUT2D eigenvalue weighted by Crippen LogP contribution is -2.39. The number of carbonyl (C=O) groups excluding carboxylic acids is 2. The van der Waals surface area contributed by atoms with E-state index in [0.717, 1.165) is 40.9 Å². The van der Waals surface area contributed by atoms with Crippen LogP contribution in [-0.2, 0) is 11.2 Å². The number of aromatic nitrogens is 2. The summed E-state index contributed by atoms with van der Waals surface area (Å²) in [5.41, 5.74) is 11.3. The van der Waals surface area contributed by atoms with Crippen molar-refractivity contribution in [2.45, 2.75) is 38.6 Å². The molecule has 0 spiro atoms. The van der Waals surface area contributed by atoms with Gasteiger partial charge in [0.1, 0.15) is 0 Å². The monoisotopic (exact) mass is 512 g/mol. The van der Waals surface area contributed by atoms with Crippen LogP contribution in [0.3, 0.4) is 0 Å². The number of halogens is 1. The van der Waals surface area contributed by atoms with Crippen LogP contribution in [0.5, 0.6) is 0 Å². The number of hydrogen-bond donors (Lipinski definition) is 1. The molecule has 1 heterocycles. The summed E-state index contributed by atoms with van der Waals surface area (Å²) in [5, 5.41) is 0.577. The first-order chi connectivity index (χ1) is 17.9. The molecule has 37 heavy (non-hydrogen) atoms. The standard InChI is InChI=1S/C30H29ClN4O2/c1-19-7-9-22(10-8-19)30(37)35(16-15-27(32)36)29(21-11-12-21)28-26(17-20-5-3-2-4-6-20)33-24-14-13-23(31)18-25(24)34-28/h2-10,13-14,18,21,29H,11-12,15-17H2,1H3,(H2,32,36). The Bertz CT molecular complexity index is 1440. The van der Waals surface area contributed by atoms with Crippen LogP contribution in [0.15, 0.2) is 72.8 Å². The van der Waals surface area contributed by atoms with E-state index >= 15 is 0 Å². The average molecular weight is 513 g/mol. The van der Waals surface area contributed by atoms with E-state index in [1.54, 1.807) is 11.0 Å². The first kappa shape index (κ1) is 24.9. The molecule has 6 nitrogen and oxygen atoms in total. The predicted molar refractivity (Wildman–Crippen MR) is 145 cm³/mol. The minimum Gasteiger partial charge on any atom is -0.370 e. The number of primary amides is 1. The summed E-state index contributed by atoms with van der Waals surface area (Å²) >= 11 is 6.30. The number of benzene rings is 3. The molecule has 4 aromatic rings. The molecule has 3 aromatic carbocycles. The maximum Gasteiger partial charge on any atom is 0.254 e. The van der Waals surface area contributed by atoms with Gasteiger partial charge in [0.2, 0.25) is 5.91 Å². The van der Waals surface area contributed by atoms with E-state index in [9.17, 15) is 9.59 Å². The van der Waals surface area contributed by atoms with Gasteiger partial charge < -0.3 is 10.6 Å². The number of fused-ring (bicyclic) bond motifs is 1. The molecule has 1 aliphatic rings. The Morgan fingerprint density at radius 1 is 1.00 bits per heavy atom. The first-order valence-corrected chi connectivity index (χ1v) is 12.9. The lowest BCUT2D eigenvalue weighted by Gasteiger charge is -2.33. The minimum atomic E-state index is -0.447. The molecular weight excluding hydrogens is 484 g/mol. The second-order valence-electron chi connectivity index (χ2n) is 9.71. The Morgan fingerprint density at radius 3 is 2.41 bits per heavy atom. The Morgan fingerprint density at radius 2 is 1.73 bits per heavy atom. The summed E-state index contributed by atoms with van der Waals surface area (Å²) in [6.07, 6.45) is 2.59. The number of hydrogen-bond acceptors (Lipinski definition) is 4. The highest BCUT2D eigenvalue weighted by Gasteiger charge is 2.41. The summed E-state index contributed by atoms with van der Waals surface area (Å²) < 4.78 is 0. The highest BCUT2D eigenvalue weighted by atomic mass is 35.5. The van der Waals surface area contributed by atoms with Gasteiger partial charge in [0.05, 0.1) is 28.5 Å². The van der Waals surface area contributed by atoms with Crippen molar-refractivity contribution in [1.82, 2.24) is 14.9 Å². The highest BCUT2D eigenvalue weighted by Crippen LogP contribution is 2.46. The van der Waals surface area contributed by atoms with Crippen molar-refractivity contribution >= 4 is 34.4 Å². The van der Waals surface area contributed by atoms with Gasteiger partial charge in [-0.1, -0.05) is 59.6 Å². The van der Waals surface area contributed by atoms with E-state index in [1.165, 1.54) is 0 Å². The summed E-state index contributed by atoms with van der Waals surface area (Å²) in [4.78, 5) is 37.6. The average Bonchev–Trinajstić information content (AvgIpc) is 3.72. The molecule has 0 aliphatic heterocycles. The predicted octanol–water partition coefficient (Wildman–Crippen LogP) is 5.65. The fourth-order valence-electron chi connectivity index (χ4n) is 4.73. The van der Waals surface area contributed by atoms with Gasteiger partial charge in [-0.2, -0.15) is 0 Å². The Kier molecular flexibility index (Phi) is 7.19. The van der Waals surface area contributed by atoms with Gasteiger partial charge in [0.15, 0.2) is 0 Å². The number of carbonyl (C=O) groups is 2. The van der Waals surface area contributed by atoms with E-state index in [2.05, 4.69) is 12.1 Å². The molecule has 5 rings (SSSR count). The summed E-state index contributed by atoms with van der Waals surface area (Å²) in [6.45, 7) is 2.20. The van der Waals surface area contributed by atoms with Crippen LogP contribution < -0.4 is 5.73 Å². The Labute approximate surface area is 221 Å². The molecule has 0 saturated heterocycles. The van der Waals surface area contributed by atoms with Gasteiger partial charge in [-0.3, -0.25) is 9.59 Å². The van der Waals surface area contributed by atoms with Gasteiger partial charge in [-0.15, -0.1) is 0 Å². The zero-order valence-electron chi connectivity index (χ0n) is 20.7. The fourth-order valence-corrected chi connectivity index (χ4v) is 4.90. The highest BCUT2D eigenvalue weighted by molar-refractivity contribution is 6.31. The molecule has 1 atom stereocenters. The number of nitrogens with two attached hydrogens (primary N) is 1. The van der Waals surface area contributed by atoms with Crippen molar-refractivity contribution in [3.05, 3.63) is 106 Å². The van der Waals surface area contributed by atoms with Crippen molar-refractivity contribution in [1.29, 1.82) is 0 Å². The third-order valence-electron chi connectivity index (χ3n) is 6.79. The van der Waals surface area contributed by atoms with Gasteiger partial charge in [-0.25, -0.2) is 9.97 Å². The van der Waals surface area contributed by atoms with Crippen LogP contribution >= 0.6 is 11.6 Å².